The van der Waals surface area contributed by atoms with E-state index in [1.165, 1.54) is 43.9 Å². The zero-order valence-corrected chi connectivity index (χ0v) is 15.2. The van der Waals surface area contributed by atoms with Crippen molar-refractivity contribution in [3.8, 4) is 0 Å². The van der Waals surface area contributed by atoms with Gasteiger partial charge in [-0.25, -0.2) is 4.98 Å². The van der Waals surface area contributed by atoms with Crippen LogP contribution in [0.2, 0.25) is 0 Å². The van der Waals surface area contributed by atoms with Crippen molar-refractivity contribution in [2.24, 2.45) is 0 Å². The van der Waals surface area contributed by atoms with Gasteiger partial charge < -0.3 is 5.11 Å². The molecule has 0 aliphatic carbocycles. The van der Waals surface area contributed by atoms with Crippen LogP contribution in [0.15, 0.2) is 29.4 Å². The SMILES string of the molecule is CCCCCCCCC(SC)C(Sc1ccccn1)C(=O)O. The summed E-state index contributed by atoms with van der Waals surface area (Å²) in [5.74, 6) is -0.735. The molecule has 1 aromatic rings. The molecule has 0 saturated carbocycles. The molecule has 1 heterocycles. The van der Waals surface area contributed by atoms with E-state index in [1.54, 1.807) is 18.0 Å². The summed E-state index contributed by atoms with van der Waals surface area (Å²) in [5.41, 5.74) is 0. The van der Waals surface area contributed by atoms with Gasteiger partial charge in [0.15, 0.2) is 0 Å². The third kappa shape index (κ3) is 7.54. The molecule has 3 nitrogen and oxygen atoms in total. The van der Waals surface area contributed by atoms with Crippen LogP contribution in [0.5, 0.6) is 0 Å². The summed E-state index contributed by atoms with van der Waals surface area (Å²) in [7, 11) is 0. The number of carbonyl (C=O) groups is 1. The first-order valence-corrected chi connectivity index (χ1v) is 10.2. The van der Waals surface area contributed by atoms with Gasteiger partial charge in [0, 0.05) is 11.4 Å². The average Bonchev–Trinajstić information content (AvgIpc) is 2.53. The van der Waals surface area contributed by atoms with Crippen LogP contribution in [0.3, 0.4) is 0 Å². The number of aromatic nitrogens is 1. The first-order chi connectivity index (χ1) is 10.7. The fourth-order valence-corrected chi connectivity index (χ4v) is 4.54. The number of carboxylic acid groups (broad SMARTS) is 1. The second kappa shape index (κ2) is 11.8. The number of carboxylic acids is 1. The molecule has 1 N–H and O–H groups in total. The van der Waals surface area contributed by atoms with E-state index in [0.717, 1.165) is 17.9 Å². The van der Waals surface area contributed by atoms with Gasteiger partial charge in [0.2, 0.25) is 0 Å². The monoisotopic (exact) mass is 341 g/mol. The van der Waals surface area contributed by atoms with Crippen LogP contribution >= 0.6 is 23.5 Å². The molecule has 2 atom stereocenters. The van der Waals surface area contributed by atoms with Crippen molar-refractivity contribution < 1.29 is 9.90 Å². The van der Waals surface area contributed by atoms with Gasteiger partial charge in [-0.1, -0.05) is 63.3 Å². The molecule has 1 rings (SSSR count). The Morgan fingerprint density at radius 3 is 2.55 bits per heavy atom. The van der Waals surface area contributed by atoms with E-state index in [0.29, 0.717) is 0 Å². The molecule has 0 fully saturated rings. The Bertz CT molecular complexity index is 414. The van der Waals surface area contributed by atoms with E-state index in [2.05, 4.69) is 11.9 Å². The molecule has 0 saturated heterocycles. The van der Waals surface area contributed by atoms with Crippen molar-refractivity contribution in [3.63, 3.8) is 0 Å². The van der Waals surface area contributed by atoms with E-state index >= 15 is 0 Å². The summed E-state index contributed by atoms with van der Waals surface area (Å²) in [6.07, 6.45) is 12.1. The van der Waals surface area contributed by atoms with Gasteiger partial charge >= 0.3 is 5.97 Å². The molecule has 1 aromatic heterocycles. The molecule has 5 heteroatoms. The van der Waals surface area contributed by atoms with Gasteiger partial charge in [-0.2, -0.15) is 11.8 Å². The maximum Gasteiger partial charge on any atom is 0.318 e. The molecular formula is C17H27NO2S2. The lowest BCUT2D eigenvalue weighted by molar-refractivity contribution is -0.136. The van der Waals surface area contributed by atoms with Gasteiger partial charge in [0.1, 0.15) is 5.25 Å². The number of hydrogen-bond acceptors (Lipinski definition) is 4. The Morgan fingerprint density at radius 1 is 1.23 bits per heavy atom. The maximum absolute atomic E-state index is 11.6. The molecule has 0 bridgehead atoms. The van der Waals surface area contributed by atoms with Crippen LogP contribution in [0.1, 0.15) is 51.9 Å². The molecule has 0 radical (unpaired) electrons. The molecule has 0 amide bonds. The summed E-state index contributed by atoms with van der Waals surface area (Å²) in [6, 6.07) is 5.63. The minimum Gasteiger partial charge on any atom is -0.480 e. The second-order valence-corrected chi connectivity index (χ2v) is 7.61. The topological polar surface area (TPSA) is 50.2 Å². The van der Waals surface area contributed by atoms with Crippen LogP contribution in [0, 0.1) is 0 Å². The first-order valence-electron chi connectivity index (χ1n) is 8.02. The highest BCUT2D eigenvalue weighted by molar-refractivity contribution is 8.04. The summed E-state index contributed by atoms with van der Waals surface area (Å²) >= 11 is 3.03. The van der Waals surface area contributed by atoms with Crippen molar-refractivity contribution >= 4 is 29.5 Å². The standard InChI is InChI=1S/C17H27NO2S2/c1-3-4-5-6-7-8-11-14(21-2)16(17(19)20)22-15-12-9-10-13-18-15/h9-10,12-14,16H,3-8,11H2,1-2H3,(H,19,20). The quantitative estimate of drug-likeness (QED) is 0.423. The lowest BCUT2D eigenvalue weighted by Gasteiger charge is -2.21. The Labute approximate surface area is 142 Å². The second-order valence-electron chi connectivity index (χ2n) is 5.38. The minimum absolute atomic E-state index is 0.135. The normalized spacial score (nSPS) is 13.7. The lowest BCUT2D eigenvalue weighted by Crippen LogP contribution is -2.28. The number of unbranched alkanes of at least 4 members (excludes halogenated alkanes) is 5. The van der Waals surface area contributed by atoms with Crippen LogP contribution in [0.25, 0.3) is 0 Å². The summed E-state index contributed by atoms with van der Waals surface area (Å²) in [6.45, 7) is 2.22. The van der Waals surface area contributed by atoms with Crippen molar-refractivity contribution in [2.45, 2.75) is 67.4 Å². The zero-order chi connectivity index (χ0) is 16.2. The number of thioether (sulfide) groups is 2. The number of aliphatic carboxylic acids is 1. The van der Waals surface area contributed by atoms with Crippen molar-refractivity contribution in [2.75, 3.05) is 6.26 Å². The zero-order valence-electron chi connectivity index (χ0n) is 13.5. The Morgan fingerprint density at radius 2 is 1.95 bits per heavy atom. The van der Waals surface area contributed by atoms with Gasteiger partial charge in [-0.3, -0.25) is 4.79 Å². The predicted molar refractivity (Wildman–Crippen MR) is 96.8 cm³/mol. The molecule has 0 spiro atoms. The summed E-state index contributed by atoms with van der Waals surface area (Å²) in [4.78, 5) is 15.9. The van der Waals surface area contributed by atoms with Crippen molar-refractivity contribution in [1.29, 1.82) is 0 Å². The fourth-order valence-electron chi connectivity index (χ4n) is 2.35. The molecule has 124 valence electrons. The highest BCUT2D eigenvalue weighted by Crippen LogP contribution is 2.31. The molecular weight excluding hydrogens is 314 g/mol. The third-order valence-corrected chi connectivity index (χ3v) is 6.16. The number of rotatable bonds is 12. The smallest absolute Gasteiger partial charge is 0.318 e. The largest absolute Gasteiger partial charge is 0.480 e. The minimum atomic E-state index is -0.735. The van der Waals surface area contributed by atoms with Crippen LogP contribution in [0.4, 0.5) is 0 Å². The molecule has 2 unspecified atom stereocenters. The Hall–Kier alpha value is -0.680. The summed E-state index contributed by atoms with van der Waals surface area (Å²) < 4.78 is 0. The molecule has 22 heavy (non-hydrogen) atoms. The van der Waals surface area contributed by atoms with Gasteiger partial charge in [0.05, 0.1) is 5.03 Å². The van der Waals surface area contributed by atoms with Gasteiger partial charge in [-0.05, 0) is 24.8 Å². The van der Waals surface area contributed by atoms with E-state index in [9.17, 15) is 9.90 Å². The third-order valence-electron chi connectivity index (χ3n) is 3.61. The van der Waals surface area contributed by atoms with Gasteiger partial charge in [0.25, 0.3) is 0 Å². The molecule has 0 aliphatic rings. The van der Waals surface area contributed by atoms with E-state index in [4.69, 9.17) is 0 Å². The Kier molecular flexibility index (Phi) is 10.4. The van der Waals surface area contributed by atoms with E-state index < -0.39 is 11.2 Å². The highest BCUT2D eigenvalue weighted by Gasteiger charge is 2.28. The van der Waals surface area contributed by atoms with Crippen LogP contribution < -0.4 is 0 Å². The predicted octanol–water partition coefficient (Wildman–Crippen LogP) is 5.11. The average molecular weight is 342 g/mol. The van der Waals surface area contributed by atoms with Crippen LogP contribution in [-0.2, 0) is 4.79 Å². The Balaban J connectivity index is 2.46. The maximum atomic E-state index is 11.6. The van der Waals surface area contributed by atoms with Crippen molar-refractivity contribution in [1.82, 2.24) is 4.98 Å². The number of pyridine rings is 1. The highest BCUT2D eigenvalue weighted by atomic mass is 32.2. The van der Waals surface area contributed by atoms with E-state index in [1.807, 2.05) is 24.5 Å². The van der Waals surface area contributed by atoms with Crippen LogP contribution in [-0.4, -0.2) is 32.8 Å². The number of nitrogens with zero attached hydrogens (tertiary/aromatic N) is 1. The number of hydrogen-bond donors (Lipinski definition) is 1. The summed E-state index contributed by atoms with van der Waals surface area (Å²) in [5, 5.41) is 10.0. The molecule has 0 aromatic carbocycles. The van der Waals surface area contributed by atoms with Crippen molar-refractivity contribution in [3.05, 3.63) is 24.4 Å². The molecule has 0 aliphatic heterocycles. The van der Waals surface area contributed by atoms with E-state index in [-0.39, 0.29) is 5.25 Å². The fraction of sp³-hybridized carbons (Fsp3) is 0.647. The first kappa shape index (κ1) is 19.4. The lowest BCUT2D eigenvalue weighted by atomic mass is 10.1. The van der Waals surface area contributed by atoms with Gasteiger partial charge in [-0.15, -0.1) is 0 Å².